The molecule has 149 heavy (non-hydrogen) atoms. The number of rotatable bonds is 7. The van der Waals surface area contributed by atoms with E-state index in [2.05, 4.69) is 514 Å². The van der Waals surface area contributed by atoms with Crippen LogP contribution in [-0.4, -0.2) is 22.7 Å². The zero-order valence-corrected chi connectivity index (χ0v) is 85.6. The zero-order valence-electron chi connectivity index (χ0n) is 85.6. The number of furan rings is 1. The summed E-state index contributed by atoms with van der Waals surface area (Å²) in [4.78, 5) is 5.43. The third kappa shape index (κ3) is 12.2. The summed E-state index contributed by atoms with van der Waals surface area (Å²) in [5.74, 6) is 0. The molecule has 24 aromatic carbocycles. The molecule has 704 valence electrons. The zero-order chi connectivity index (χ0) is 99.7. The lowest BCUT2D eigenvalue weighted by Crippen LogP contribution is -2.56. The van der Waals surface area contributed by atoms with Crippen LogP contribution in [0.4, 0.5) is 34.1 Å². The maximum absolute atomic E-state index is 8.21. The van der Waals surface area contributed by atoms with Crippen LogP contribution < -0.4 is 31.7 Å². The van der Waals surface area contributed by atoms with Crippen LogP contribution in [0.1, 0.15) is 105 Å². The van der Waals surface area contributed by atoms with E-state index < -0.39 is 0 Å². The van der Waals surface area contributed by atoms with Gasteiger partial charge in [-0.2, -0.15) is 0 Å². The number of anilines is 6. The Morgan fingerprint density at radius 2 is 0.530 bits per heavy atom. The van der Waals surface area contributed by atoms with Gasteiger partial charge in [0, 0.05) is 105 Å². The Balaban J connectivity index is 0.699. The summed E-state index contributed by atoms with van der Waals surface area (Å²) in [5, 5.41) is 29.1. The second kappa shape index (κ2) is 30.7. The lowest BCUT2D eigenvalue weighted by molar-refractivity contribution is 0.568. The van der Waals surface area contributed by atoms with Gasteiger partial charge in [-0.1, -0.05) is 405 Å². The number of hydrogen-bond donors (Lipinski definition) is 0. The molecule has 0 saturated carbocycles. The molecule has 0 spiro atoms. The van der Waals surface area contributed by atoms with E-state index in [0.29, 0.717) is 0 Å². The summed E-state index contributed by atoms with van der Waals surface area (Å²) in [7, 11) is 0. The van der Waals surface area contributed by atoms with Crippen LogP contribution in [0.3, 0.4) is 0 Å². The average molecular weight is 1900 g/mol. The van der Waals surface area contributed by atoms with Gasteiger partial charge < -0.3 is 23.2 Å². The van der Waals surface area contributed by atoms with Crippen molar-refractivity contribution in [1.82, 2.24) is 8.96 Å². The normalized spacial score (nSPS) is 13.4. The van der Waals surface area contributed by atoms with E-state index in [1.165, 1.54) is 229 Å². The molecule has 4 aliphatic rings. The van der Waals surface area contributed by atoms with E-state index in [4.69, 9.17) is 4.42 Å². The van der Waals surface area contributed by atoms with Crippen molar-refractivity contribution in [3.8, 4) is 77.9 Å². The van der Waals surface area contributed by atoms with E-state index >= 15 is 0 Å². The van der Waals surface area contributed by atoms with Gasteiger partial charge in [0.15, 0.2) is 0 Å². The van der Waals surface area contributed by atoms with E-state index in [-0.39, 0.29) is 35.4 Å². The topological polar surface area (TPSA) is 29.5 Å². The van der Waals surface area contributed by atoms with Gasteiger partial charge in [0.25, 0.3) is 0 Å². The minimum atomic E-state index is -0.369. The van der Waals surface area contributed by atoms with Crippen molar-refractivity contribution < 1.29 is 4.42 Å². The van der Waals surface area contributed by atoms with E-state index in [1.54, 1.807) is 0 Å². The highest BCUT2D eigenvalue weighted by atomic mass is 16.3. The first-order valence-corrected chi connectivity index (χ1v) is 53.1. The molecule has 4 aliphatic heterocycles. The molecule has 0 amide bonds. The van der Waals surface area contributed by atoms with Crippen molar-refractivity contribution in [2.24, 2.45) is 0 Å². The minimum Gasteiger partial charge on any atom is -0.455 e. The molecule has 0 fully saturated rings. The Morgan fingerprint density at radius 3 is 0.960 bits per heavy atom. The predicted molar refractivity (Wildman–Crippen MR) is 640 cm³/mol. The molecule has 3 aromatic heterocycles. The lowest BCUT2D eigenvalue weighted by Gasteiger charge is -2.42. The first-order valence-electron chi connectivity index (χ1n) is 53.1. The molecule has 0 saturated heterocycles. The molecule has 5 nitrogen and oxygen atoms in total. The van der Waals surface area contributed by atoms with Gasteiger partial charge in [-0.15, -0.1) is 0 Å². The second-order valence-electron chi connectivity index (χ2n) is 46.8. The lowest BCUT2D eigenvalue weighted by atomic mass is 9.44. The van der Waals surface area contributed by atoms with Crippen LogP contribution in [0.15, 0.2) is 417 Å². The van der Waals surface area contributed by atoms with Gasteiger partial charge in [0.2, 0.25) is 0 Å². The maximum Gasteiger partial charge on any atom is 0.333 e. The summed E-state index contributed by atoms with van der Waals surface area (Å²) in [6.45, 7) is 27.9. The summed E-state index contributed by atoms with van der Waals surface area (Å²) >= 11 is 0. The second-order valence-corrected chi connectivity index (χ2v) is 46.8. The highest BCUT2D eigenvalue weighted by molar-refractivity contribution is 6.92. The Kier molecular flexibility index (Phi) is 17.7. The van der Waals surface area contributed by atoms with Gasteiger partial charge in [-0.3, -0.25) is 0 Å². The monoisotopic (exact) mass is 1900 g/mol. The van der Waals surface area contributed by atoms with E-state index in [0.717, 1.165) is 89.1 Å². The Bertz CT molecular complexity index is 10600. The van der Waals surface area contributed by atoms with Gasteiger partial charge >= 0.3 is 13.7 Å². The number of nitrogens with zero attached hydrogens (tertiary/aromatic N) is 4. The average Bonchev–Trinajstić information content (AvgIpc) is 1.53. The summed E-state index contributed by atoms with van der Waals surface area (Å²) in [5.41, 5.74) is 39.4. The van der Waals surface area contributed by atoms with Crippen molar-refractivity contribution in [3.05, 3.63) is 435 Å². The third-order valence-electron chi connectivity index (χ3n) is 34.2. The molecule has 0 atom stereocenters. The molecule has 0 aliphatic carbocycles. The van der Waals surface area contributed by atoms with Crippen LogP contribution in [0, 0.1) is 0 Å². The fourth-order valence-electron chi connectivity index (χ4n) is 27.3. The number of benzene rings is 24. The SMILES string of the molecule is CC(C)(C)c1cc(N2c3cc4c(-c5ccccc5)c5cc(-c6ccc7c(c6)oc6c8c9c(cc67)N(c6cc(C(C)(C)C)cc(C(C)(C)C)c6)c6cc7c(-c%10ccccc%10)c%10ccccc%10c(-c%10ccccc%10)c7cc6B9n6c7ccc9ccccc9c7c7c9ccccc9cc-8c76)ccc5c(-c5ccccc5)c4cc3B3c4c2cc2ccccc2c4-c2cc4ccccc4c4c5c6ccccc6ccc5n3c24)cc(C(C)(C)C)c1. The van der Waals surface area contributed by atoms with Crippen molar-refractivity contribution in [2.45, 2.75) is 105 Å². The van der Waals surface area contributed by atoms with E-state index in [1.807, 2.05) is 0 Å². The molecule has 0 unspecified atom stereocenters. The molecule has 7 heteroatoms. The molecular weight excluding hydrogens is 1800 g/mol. The van der Waals surface area contributed by atoms with Crippen LogP contribution >= 0.6 is 0 Å². The van der Waals surface area contributed by atoms with Gasteiger partial charge in [0.05, 0.1) is 0 Å². The van der Waals surface area contributed by atoms with E-state index in [9.17, 15) is 0 Å². The van der Waals surface area contributed by atoms with Crippen LogP contribution in [0.5, 0.6) is 0 Å². The first kappa shape index (κ1) is 86.1. The molecular formula is C142H104B2N4O. The third-order valence-corrected chi connectivity index (χ3v) is 34.2. The molecule has 7 heterocycles. The van der Waals surface area contributed by atoms with Crippen molar-refractivity contribution in [2.75, 3.05) is 9.80 Å². The smallest absolute Gasteiger partial charge is 0.333 e. The highest BCUT2D eigenvalue weighted by Crippen LogP contribution is 2.59. The van der Waals surface area contributed by atoms with Crippen LogP contribution in [-0.2, 0) is 21.7 Å². The standard InChI is InChI=1S/C142H104B2N4O/c1-139(2,3)92-70-93(140(4,5)6)73-96(72-92)145-119-79-111-109(77-115(119)143-134-121(145)68-91-49-29-32-52-100(91)128(134)113-66-89-47-27-33-53-101(89)131-129-98-50-30-25-37-81(98)59-63-117(129)147(143)136(113)131)126(85-43-21-15-22-44-85)106-62-58-87(65-107(106)127(111)86-45-23-16-24-46-86)88-57-61-103-112-80-122-135-133(138(112)149-123(103)69-88)114-67-90-48-28-34-54-102(90)132-130-99-51-31-26-38-82(99)60-64-118(130)148(137(114)132)144(135)116-76-108-110(78-120(116)146(122)97-74-94(141(7,8)9)71-95(75-97)142(10,11)12)125(84-41-19-14-20-42-84)105-56-36-35-55-104(105)124(108)83-39-17-13-18-40-83/h13-80H,1-12H3. The Hall–Kier alpha value is -17.3. The molecule has 31 rings (SSSR count). The fraction of sp³-hybridized carbons (Fsp3) is 0.113. The summed E-state index contributed by atoms with van der Waals surface area (Å²) < 4.78 is 13.8. The first-order chi connectivity index (χ1) is 72.5. The quantitative estimate of drug-likeness (QED) is 0.118. The Labute approximate surface area is 866 Å². The number of fused-ring (bicyclic) bond motifs is 32. The Morgan fingerprint density at radius 1 is 0.208 bits per heavy atom. The summed E-state index contributed by atoms with van der Waals surface area (Å²) in [6.07, 6.45) is 0. The molecule has 0 N–H and O–H groups in total. The molecule has 0 radical (unpaired) electrons. The van der Waals surface area contributed by atoms with Gasteiger partial charge in [-0.05, 0) is 315 Å². The van der Waals surface area contributed by atoms with Crippen LogP contribution in [0.2, 0.25) is 0 Å². The van der Waals surface area contributed by atoms with Crippen molar-refractivity contribution in [3.63, 3.8) is 0 Å². The fourth-order valence-corrected chi connectivity index (χ4v) is 27.3. The van der Waals surface area contributed by atoms with Gasteiger partial charge in [0.1, 0.15) is 11.2 Å². The number of aromatic nitrogens is 2. The molecule has 27 aromatic rings. The van der Waals surface area contributed by atoms with Gasteiger partial charge in [-0.25, -0.2) is 0 Å². The minimum absolute atomic E-state index is 0.190. The number of hydrogen-bond acceptors (Lipinski definition) is 3. The van der Waals surface area contributed by atoms with Crippen molar-refractivity contribution >= 4 is 232 Å². The highest BCUT2D eigenvalue weighted by Gasteiger charge is 2.49. The molecule has 0 bridgehead atoms. The largest absolute Gasteiger partial charge is 0.455 e. The van der Waals surface area contributed by atoms with Crippen LogP contribution in [0.25, 0.3) is 240 Å². The van der Waals surface area contributed by atoms with Crippen molar-refractivity contribution in [1.29, 1.82) is 0 Å². The predicted octanol–water partition coefficient (Wildman–Crippen LogP) is 36.5. The maximum atomic E-state index is 8.21. The summed E-state index contributed by atoms with van der Waals surface area (Å²) in [6, 6.07) is 160.